The maximum Gasteiger partial charge on any atom is 0.355 e. The van der Waals surface area contributed by atoms with Gasteiger partial charge in [0.15, 0.2) is 0 Å². The number of rotatable bonds is 10. The van der Waals surface area contributed by atoms with E-state index in [1.807, 2.05) is 98.4 Å². The van der Waals surface area contributed by atoms with Gasteiger partial charge in [-0.3, -0.25) is 9.40 Å². The SMILES string of the molecule is CC(C)(C)n1ccc(COC(=O)c2cc3ccc(CN)nc3n2Cc2cc(NS(=O)(=O)Cc3ccccc3)cc3ccccc23)n1. The molecule has 11 heteroatoms. The second-order valence-electron chi connectivity index (χ2n) is 12.2. The monoisotopic (exact) mass is 636 g/mol. The van der Waals surface area contributed by atoms with E-state index in [2.05, 4.69) is 9.82 Å². The number of hydrogen-bond acceptors (Lipinski definition) is 7. The molecule has 0 fully saturated rings. The molecule has 3 aromatic heterocycles. The van der Waals surface area contributed by atoms with Crippen molar-refractivity contribution in [2.75, 3.05) is 4.72 Å². The van der Waals surface area contributed by atoms with Crippen molar-refractivity contribution in [3.63, 3.8) is 0 Å². The third-order valence-corrected chi connectivity index (χ3v) is 8.91. The number of fused-ring (bicyclic) bond motifs is 2. The number of pyridine rings is 1. The van der Waals surface area contributed by atoms with Crippen molar-refractivity contribution < 1.29 is 17.9 Å². The van der Waals surface area contributed by atoms with Crippen LogP contribution in [0.5, 0.6) is 0 Å². The Labute approximate surface area is 267 Å². The molecule has 0 radical (unpaired) electrons. The van der Waals surface area contributed by atoms with E-state index in [9.17, 15) is 13.2 Å². The number of nitrogens with zero attached hydrogens (tertiary/aromatic N) is 4. The Morgan fingerprint density at radius 2 is 1.67 bits per heavy atom. The second kappa shape index (κ2) is 12.4. The molecule has 0 saturated heterocycles. The summed E-state index contributed by atoms with van der Waals surface area (Å²) in [6.45, 7) is 6.60. The molecule has 0 saturated carbocycles. The van der Waals surface area contributed by atoms with Crippen molar-refractivity contribution in [1.82, 2.24) is 19.3 Å². The summed E-state index contributed by atoms with van der Waals surface area (Å²) in [6.07, 6.45) is 1.87. The molecule has 0 unspecified atom stereocenters. The lowest BCUT2D eigenvalue weighted by molar-refractivity contribution is 0.0455. The molecule has 0 aliphatic heterocycles. The predicted molar refractivity (Wildman–Crippen MR) is 180 cm³/mol. The van der Waals surface area contributed by atoms with E-state index < -0.39 is 16.0 Å². The summed E-state index contributed by atoms with van der Waals surface area (Å²) in [6, 6.07) is 27.7. The molecular weight excluding hydrogens is 600 g/mol. The Kier molecular flexibility index (Phi) is 8.37. The van der Waals surface area contributed by atoms with Gasteiger partial charge in [0.1, 0.15) is 17.9 Å². The van der Waals surface area contributed by atoms with Gasteiger partial charge in [-0.05, 0) is 79.1 Å². The smallest absolute Gasteiger partial charge is 0.355 e. The normalized spacial score (nSPS) is 12.1. The Balaban J connectivity index is 1.36. The van der Waals surface area contributed by atoms with Crippen LogP contribution in [-0.2, 0) is 45.7 Å². The summed E-state index contributed by atoms with van der Waals surface area (Å²) in [5.41, 5.74) is 9.83. The minimum absolute atomic E-state index is 0.00647. The zero-order valence-electron chi connectivity index (χ0n) is 26.0. The first-order valence-electron chi connectivity index (χ1n) is 15.0. The van der Waals surface area contributed by atoms with Gasteiger partial charge >= 0.3 is 5.97 Å². The predicted octanol–water partition coefficient (Wildman–Crippen LogP) is 5.95. The van der Waals surface area contributed by atoms with Crippen molar-refractivity contribution in [3.05, 3.63) is 125 Å². The summed E-state index contributed by atoms with van der Waals surface area (Å²) in [5, 5.41) is 7.07. The summed E-state index contributed by atoms with van der Waals surface area (Å²) < 4.78 is 38.5. The van der Waals surface area contributed by atoms with E-state index in [0.29, 0.717) is 34.0 Å². The molecule has 0 aliphatic carbocycles. The molecule has 0 amide bonds. The second-order valence-corrected chi connectivity index (χ2v) is 14.0. The molecule has 236 valence electrons. The number of sulfonamides is 1. The minimum Gasteiger partial charge on any atom is -0.454 e. The van der Waals surface area contributed by atoms with Gasteiger partial charge in [-0.15, -0.1) is 0 Å². The molecule has 10 nitrogen and oxygen atoms in total. The maximum absolute atomic E-state index is 13.6. The molecule has 6 aromatic rings. The van der Waals surface area contributed by atoms with Crippen LogP contribution in [0.4, 0.5) is 5.69 Å². The number of anilines is 1. The van der Waals surface area contributed by atoms with E-state index in [1.165, 1.54) is 0 Å². The lowest BCUT2D eigenvalue weighted by Crippen LogP contribution is -2.22. The fraction of sp³-hybridized carbons (Fsp3) is 0.229. The van der Waals surface area contributed by atoms with E-state index in [4.69, 9.17) is 15.5 Å². The Hall–Kier alpha value is -5.00. The van der Waals surface area contributed by atoms with Gasteiger partial charge in [0.2, 0.25) is 10.0 Å². The van der Waals surface area contributed by atoms with Crippen LogP contribution >= 0.6 is 0 Å². The number of esters is 1. The first-order chi connectivity index (χ1) is 22.0. The van der Waals surface area contributed by atoms with E-state index in [0.717, 1.165) is 21.7 Å². The number of aromatic nitrogens is 4. The highest BCUT2D eigenvalue weighted by Gasteiger charge is 2.21. The summed E-state index contributed by atoms with van der Waals surface area (Å²) >= 11 is 0. The highest BCUT2D eigenvalue weighted by Crippen LogP contribution is 2.29. The zero-order valence-corrected chi connectivity index (χ0v) is 26.8. The Bertz CT molecular complexity index is 2150. The number of ether oxygens (including phenoxy) is 1. The fourth-order valence-electron chi connectivity index (χ4n) is 5.39. The first kappa shape index (κ1) is 31.0. The highest BCUT2D eigenvalue weighted by molar-refractivity contribution is 7.91. The Morgan fingerprint density at radius 3 is 2.41 bits per heavy atom. The van der Waals surface area contributed by atoms with E-state index in [-0.39, 0.29) is 31.0 Å². The van der Waals surface area contributed by atoms with Crippen molar-refractivity contribution in [1.29, 1.82) is 0 Å². The topological polar surface area (TPSA) is 134 Å². The molecule has 3 aromatic carbocycles. The molecule has 6 rings (SSSR count). The quantitative estimate of drug-likeness (QED) is 0.178. The van der Waals surface area contributed by atoms with Gasteiger partial charge < -0.3 is 15.0 Å². The lowest BCUT2D eigenvalue weighted by Gasteiger charge is -2.18. The number of carbonyl (C=O) groups is 1. The Morgan fingerprint density at radius 1 is 0.913 bits per heavy atom. The molecule has 3 N–H and O–H groups in total. The van der Waals surface area contributed by atoms with Gasteiger partial charge in [0.05, 0.1) is 29.2 Å². The summed E-state index contributed by atoms with van der Waals surface area (Å²) in [7, 11) is -3.71. The van der Waals surface area contributed by atoms with Crippen molar-refractivity contribution >= 4 is 43.5 Å². The zero-order chi connectivity index (χ0) is 32.5. The first-order valence-corrected chi connectivity index (χ1v) is 16.6. The van der Waals surface area contributed by atoms with Gasteiger partial charge in [-0.25, -0.2) is 18.2 Å². The number of hydrogen-bond donors (Lipinski definition) is 2. The third kappa shape index (κ3) is 6.80. The standard InChI is InChI=1S/C35H36N6O4S/c1-35(2,3)41-16-15-29(38-41)22-45-34(42)32-19-26-13-14-28(20-36)37-33(26)40(32)21-27-18-30(17-25-11-7-8-12-31(25)27)39-46(43,44)23-24-9-5-4-6-10-24/h4-19,39H,20-23,36H2,1-3H3. The van der Waals surface area contributed by atoms with Crippen LogP contribution in [0.15, 0.2) is 97.2 Å². The van der Waals surface area contributed by atoms with Gasteiger partial charge in [0.25, 0.3) is 0 Å². The van der Waals surface area contributed by atoms with Crippen LogP contribution in [0.3, 0.4) is 0 Å². The molecule has 0 atom stereocenters. The third-order valence-electron chi connectivity index (χ3n) is 7.65. The highest BCUT2D eigenvalue weighted by atomic mass is 32.2. The molecule has 46 heavy (non-hydrogen) atoms. The average molecular weight is 637 g/mol. The van der Waals surface area contributed by atoms with Crippen molar-refractivity contribution in [2.45, 2.75) is 51.8 Å². The van der Waals surface area contributed by atoms with Gasteiger partial charge in [-0.2, -0.15) is 5.10 Å². The number of carbonyl (C=O) groups excluding carboxylic acids is 1. The molecule has 0 aliphatic rings. The summed E-state index contributed by atoms with van der Waals surface area (Å²) in [4.78, 5) is 18.4. The fourth-order valence-corrected chi connectivity index (χ4v) is 6.57. The van der Waals surface area contributed by atoms with Crippen LogP contribution < -0.4 is 10.5 Å². The van der Waals surface area contributed by atoms with Gasteiger partial charge in [-0.1, -0.05) is 54.6 Å². The minimum atomic E-state index is -3.71. The van der Waals surface area contributed by atoms with E-state index >= 15 is 0 Å². The molecular formula is C35H36N6O4S. The van der Waals surface area contributed by atoms with E-state index in [1.54, 1.807) is 28.8 Å². The maximum atomic E-state index is 13.6. The van der Waals surface area contributed by atoms with Crippen molar-refractivity contribution in [2.24, 2.45) is 5.73 Å². The molecule has 3 heterocycles. The van der Waals surface area contributed by atoms with Crippen LogP contribution in [0.2, 0.25) is 0 Å². The number of nitrogens with one attached hydrogen (secondary N) is 1. The van der Waals surface area contributed by atoms with Crippen LogP contribution in [0.25, 0.3) is 21.8 Å². The largest absolute Gasteiger partial charge is 0.454 e. The van der Waals surface area contributed by atoms with Crippen LogP contribution in [-0.4, -0.2) is 33.7 Å². The van der Waals surface area contributed by atoms with Crippen LogP contribution in [0, 0.1) is 0 Å². The molecule has 0 spiro atoms. The average Bonchev–Trinajstić information content (AvgIpc) is 3.65. The van der Waals surface area contributed by atoms with Crippen LogP contribution in [0.1, 0.15) is 53.8 Å². The molecule has 0 bridgehead atoms. The summed E-state index contributed by atoms with van der Waals surface area (Å²) in [5.74, 6) is -0.685. The lowest BCUT2D eigenvalue weighted by atomic mass is 10.0. The number of benzene rings is 3. The van der Waals surface area contributed by atoms with Crippen molar-refractivity contribution in [3.8, 4) is 0 Å². The number of nitrogens with two attached hydrogens (primary N) is 1. The van der Waals surface area contributed by atoms with Gasteiger partial charge in [0, 0.05) is 23.8 Å².